The number of fused-ring (bicyclic) bond motifs is 1. The molecule has 0 radical (unpaired) electrons. The van der Waals surface area contributed by atoms with Gasteiger partial charge in [0.15, 0.2) is 0 Å². The Morgan fingerprint density at radius 3 is 2.56 bits per heavy atom. The predicted molar refractivity (Wildman–Crippen MR) is 72.8 cm³/mol. The van der Waals surface area contributed by atoms with Crippen LogP contribution in [0, 0.1) is 0 Å². The number of aromatic nitrogens is 1. The Morgan fingerprint density at radius 2 is 1.81 bits per heavy atom. The number of benzene rings is 2. The molecule has 78 valence electrons. The average Bonchev–Trinajstić information content (AvgIpc) is 2.75. The molecule has 0 saturated carbocycles. The van der Waals surface area contributed by atoms with Crippen molar-refractivity contribution in [3.8, 4) is 10.6 Å². The molecule has 0 aliphatic carbocycles. The van der Waals surface area contributed by atoms with Gasteiger partial charge >= 0.3 is 0 Å². The first kappa shape index (κ1) is 10.00. The molecule has 16 heavy (non-hydrogen) atoms. The summed E-state index contributed by atoms with van der Waals surface area (Å²) < 4.78 is 1.07. The van der Waals surface area contributed by atoms with E-state index in [-0.39, 0.29) is 0 Å². The van der Waals surface area contributed by atoms with Gasteiger partial charge in [-0.1, -0.05) is 36.4 Å². The third-order valence-electron chi connectivity index (χ3n) is 2.47. The Labute approximate surface area is 106 Å². The zero-order valence-electron chi connectivity index (χ0n) is 8.35. The highest BCUT2D eigenvalue weighted by molar-refractivity contribution is 9.11. The number of thiazole rings is 1. The van der Waals surface area contributed by atoms with Gasteiger partial charge in [0.1, 0.15) is 5.01 Å². The number of halogens is 1. The second-order valence-corrected chi connectivity index (χ2v) is 5.94. The lowest BCUT2D eigenvalue weighted by Gasteiger charge is -2.00. The first-order valence-electron chi connectivity index (χ1n) is 4.93. The summed E-state index contributed by atoms with van der Waals surface area (Å²) in [5, 5.41) is 3.57. The van der Waals surface area contributed by atoms with Crippen LogP contribution in [-0.4, -0.2) is 4.98 Å². The van der Waals surface area contributed by atoms with Crippen LogP contribution in [0.5, 0.6) is 0 Å². The number of hydrogen-bond donors (Lipinski definition) is 0. The van der Waals surface area contributed by atoms with E-state index >= 15 is 0 Å². The first-order chi connectivity index (χ1) is 7.83. The van der Waals surface area contributed by atoms with E-state index in [9.17, 15) is 0 Å². The van der Waals surface area contributed by atoms with Crippen LogP contribution in [0.25, 0.3) is 21.3 Å². The van der Waals surface area contributed by atoms with Crippen molar-refractivity contribution in [3.63, 3.8) is 0 Å². The van der Waals surface area contributed by atoms with Gasteiger partial charge in [0.05, 0.1) is 9.98 Å². The molecular weight excluding hydrogens is 282 g/mol. The molecule has 0 atom stereocenters. The van der Waals surface area contributed by atoms with Crippen LogP contribution in [0.4, 0.5) is 0 Å². The van der Waals surface area contributed by atoms with E-state index < -0.39 is 0 Å². The van der Waals surface area contributed by atoms with Crippen molar-refractivity contribution < 1.29 is 0 Å². The van der Waals surface area contributed by atoms with Crippen LogP contribution in [0.2, 0.25) is 0 Å². The van der Waals surface area contributed by atoms with Crippen LogP contribution in [-0.2, 0) is 0 Å². The predicted octanol–water partition coefficient (Wildman–Crippen LogP) is 4.73. The van der Waals surface area contributed by atoms with E-state index in [1.165, 1.54) is 16.3 Å². The molecule has 0 unspecified atom stereocenters. The van der Waals surface area contributed by atoms with Gasteiger partial charge < -0.3 is 0 Å². The molecule has 0 aliphatic rings. The summed E-state index contributed by atoms with van der Waals surface area (Å²) in [5.74, 6) is 0. The topological polar surface area (TPSA) is 12.9 Å². The highest BCUT2D eigenvalue weighted by Gasteiger charge is 2.03. The third kappa shape index (κ3) is 1.77. The minimum Gasteiger partial charge on any atom is -0.243 e. The van der Waals surface area contributed by atoms with E-state index in [0.29, 0.717) is 0 Å². The number of nitrogens with zero attached hydrogens (tertiary/aromatic N) is 1. The van der Waals surface area contributed by atoms with Gasteiger partial charge in [-0.15, -0.1) is 11.3 Å². The molecule has 0 saturated heterocycles. The maximum atomic E-state index is 4.36. The number of rotatable bonds is 1. The van der Waals surface area contributed by atoms with Crippen LogP contribution >= 0.6 is 27.3 Å². The maximum Gasteiger partial charge on any atom is 0.124 e. The monoisotopic (exact) mass is 289 g/mol. The van der Waals surface area contributed by atoms with Gasteiger partial charge in [-0.3, -0.25) is 0 Å². The Bertz CT molecular complexity index is 645. The molecular formula is C13H8BrNS. The Hall–Kier alpha value is -1.19. The summed E-state index contributed by atoms with van der Waals surface area (Å²) in [6.07, 6.45) is 1.84. The van der Waals surface area contributed by atoms with E-state index in [1.54, 1.807) is 11.3 Å². The summed E-state index contributed by atoms with van der Waals surface area (Å²) in [7, 11) is 0. The third-order valence-corrected chi connectivity index (χ3v) is 4.00. The van der Waals surface area contributed by atoms with Gasteiger partial charge in [-0.2, -0.15) is 0 Å². The standard InChI is InChI=1S/C13H8BrNS/c14-12-8-15-13(16-12)11-6-5-9-3-1-2-4-10(9)7-11/h1-8H. The van der Waals surface area contributed by atoms with Crippen molar-refractivity contribution in [1.82, 2.24) is 4.98 Å². The summed E-state index contributed by atoms with van der Waals surface area (Å²) in [5.41, 5.74) is 1.18. The minimum atomic E-state index is 1.05. The van der Waals surface area contributed by atoms with Crippen molar-refractivity contribution in [2.24, 2.45) is 0 Å². The second kappa shape index (κ2) is 4.00. The Kier molecular flexibility index (Phi) is 2.50. The van der Waals surface area contributed by atoms with Gasteiger partial charge in [-0.05, 0) is 32.8 Å². The fourth-order valence-electron chi connectivity index (χ4n) is 1.71. The zero-order chi connectivity index (χ0) is 11.0. The van der Waals surface area contributed by atoms with E-state index in [1.807, 2.05) is 6.20 Å². The molecule has 1 heterocycles. The van der Waals surface area contributed by atoms with Crippen LogP contribution < -0.4 is 0 Å². The van der Waals surface area contributed by atoms with E-state index in [4.69, 9.17) is 0 Å². The van der Waals surface area contributed by atoms with Crippen LogP contribution in [0.3, 0.4) is 0 Å². The molecule has 3 rings (SSSR count). The largest absolute Gasteiger partial charge is 0.243 e. The van der Waals surface area contributed by atoms with Crippen LogP contribution in [0.1, 0.15) is 0 Å². The molecule has 0 N–H and O–H groups in total. The molecule has 0 spiro atoms. The van der Waals surface area contributed by atoms with E-state index in [2.05, 4.69) is 63.4 Å². The molecule has 0 amide bonds. The lowest BCUT2D eigenvalue weighted by atomic mass is 10.1. The van der Waals surface area contributed by atoms with Crippen molar-refractivity contribution >= 4 is 38.0 Å². The fraction of sp³-hybridized carbons (Fsp3) is 0. The molecule has 3 heteroatoms. The minimum absolute atomic E-state index is 1.05. The van der Waals surface area contributed by atoms with Crippen molar-refractivity contribution in [2.75, 3.05) is 0 Å². The van der Waals surface area contributed by atoms with Crippen molar-refractivity contribution in [1.29, 1.82) is 0 Å². The summed E-state index contributed by atoms with van der Waals surface area (Å²) in [6.45, 7) is 0. The Morgan fingerprint density at radius 1 is 1.00 bits per heavy atom. The van der Waals surface area contributed by atoms with Gasteiger partial charge in [0, 0.05) is 5.56 Å². The van der Waals surface area contributed by atoms with Crippen LogP contribution in [0.15, 0.2) is 52.4 Å². The highest BCUT2D eigenvalue weighted by Crippen LogP contribution is 2.30. The molecule has 2 aromatic carbocycles. The lowest BCUT2D eigenvalue weighted by Crippen LogP contribution is -1.76. The molecule has 0 bridgehead atoms. The molecule has 0 fully saturated rings. The summed E-state index contributed by atoms with van der Waals surface area (Å²) >= 11 is 5.09. The van der Waals surface area contributed by atoms with Gasteiger partial charge in [0.25, 0.3) is 0 Å². The van der Waals surface area contributed by atoms with Crippen molar-refractivity contribution in [2.45, 2.75) is 0 Å². The fourth-order valence-corrected chi connectivity index (χ4v) is 2.91. The van der Waals surface area contributed by atoms with Crippen molar-refractivity contribution in [3.05, 3.63) is 52.4 Å². The van der Waals surface area contributed by atoms with E-state index in [0.717, 1.165) is 8.79 Å². The normalized spacial score (nSPS) is 10.8. The molecule has 1 nitrogen and oxygen atoms in total. The summed E-state index contributed by atoms with van der Waals surface area (Å²) in [6, 6.07) is 14.8. The first-order valence-corrected chi connectivity index (χ1v) is 6.54. The maximum absolute atomic E-state index is 4.36. The quantitative estimate of drug-likeness (QED) is 0.631. The number of hydrogen-bond acceptors (Lipinski definition) is 2. The SMILES string of the molecule is Brc1cnc(-c2ccc3ccccc3c2)s1. The van der Waals surface area contributed by atoms with Gasteiger partial charge in [0.2, 0.25) is 0 Å². The summed E-state index contributed by atoms with van der Waals surface area (Å²) in [4.78, 5) is 4.36. The zero-order valence-corrected chi connectivity index (χ0v) is 10.8. The highest BCUT2D eigenvalue weighted by atomic mass is 79.9. The molecule has 0 aliphatic heterocycles. The molecule has 1 aromatic heterocycles. The Balaban J connectivity index is 2.18. The average molecular weight is 290 g/mol. The smallest absolute Gasteiger partial charge is 0.124 e. The van der Waals surface area contributed by atoms with Gasteiger partial charge in [-0.25, -0.2) is 4.98 Å². The second-order valence-electron chi connectivity index (χ2n) is 3.53. The lowest BCUT2D eigenvalue weighted by molar-refractivity contribution is 1.41. The molecule has 3 aromatic rings.